The molecule has 44 valence electrons. The molecule has 2 N–H and O–H groups in total. The van der Waals surface area contributed by atoms with Gasteiger partial charge in [0.2, 0.25) is 4.84 Å². The van der Waals surface area contributed by atoms with Gasteiger partial charge in [-0.1, -0.05) is 23.2 Å². The van der Waals surface area contributed by atoms with Crippen molar-refractivity contribution in [3.8, 4) is 0 Å². The summed E-state index contributed by atoms with van der Waals surface area (Å²) in [5.74, 6) is -1.21. The molecule has 0 aliphatic rings. The van der Waals surface area contributed by atoms with Crippen LogP contribution in [0.2, 0.25) is 0 Å². The molecule has 0 bridgehead atoms. The summed E-state index contributed by atoms with van der Waals surface area (Å²) in [5, 5.41) is 7.73. The molecule has 0 spiro atoms. The summed E-state index contributed by atoms with van der Waals surface area (Å²) in [6.07, 6.45) is 0. The van der Waals surface area contributed by atoms with E-state index in [0.717, 1.165) is 0 Å². The summed E-state index contributed by atoms with van der Waals surface area (Å²) in [7, 11) is 0. The summed E-state index contributed by atoms with van der Waals surface area (Å²) < 4.78 is 0. The van der Waals surface area contributed by atoms with E-state index in [1.807, 2.05) is 0 Å². The molecule has 6 heteroatoms. The summed E-state index contributed by atoms with van der Waals surface area (Å²) >= 11 is 9.56. The Kier molecular flexibility index (Phi) is 17.6. The maximum absolute atomic E-state index is 9.44. The third-order valence-corrected chi connectivity index (χ3v) is 0.560. The molecule has 0 saturated heterocycles. The van der Waals surface area contributed by atoms with E-state index in [9.17, 15) is 4.79 Å². The predicted molar refractivity (Wildman–Crippen MR) is 25.1 cm³/mol. The number of aliphatic carboxylic acids is 1. The molecular formula is C2H3Cl2KO3. The van der Waals surface area contributed by atoms with Crippen molar-refractivity contribution in [1.29, 1.82) is 0 Å². The van der Waals surface area contributed by atoms with Gasteiger partial charge in [0.1, 0.15) is 0 Å². The monoisotopic (exact) mass is 184 g/mol. The van der Waals surface area contributed by atoms with Gasteiger partial charge in [-0.2, -0.15) is 0 Å². The molecule has 0 heterocycles. The Morgan fingerprint density at radius 1 is 1.50 bits per heavy atom. The van der Waals surface area contributed by atoms with Crippen LogP contribution in [0.25, 0.3) is 0 Å². The van der Waals surface area contributed by atoms with Crippen molar-refractivity contribution >= 4 is 29.2 Å². The number of hydrogen-bond donors (Lipinski definition) is 1. The van der Waals surface area contributed by atoms with Gasteiger partial charge in [-0.15, -0.1) is 0 Å². The molecule has 0 aromatic rings. The first-order valence-electron chi connectivity index (χ1n) is 1.15. The number of hydrogen-bond acceptors (Lipinski definition) is 2. The maximum Gasteiger partial charge on any atom is 1.00 e. The van der Waals surface area contributed by atoms with Crippen molar-refractivity contribution in [3.05, 3.63) is 0 Å². The molecule has 0 fully saturated rings. The van der Waals surface area contributed by atoms with E-state index in [0.29, 0.717) is 0 Å². The normalized spacial score (nSPS) is 6.88. The Morgan fingerprint density at radius 2 is 1.62 bits per heavy atom. The van der Waals surface area contributed by atoms with Crippen molar-refractivity contribution in [2.75, 3.05) is 0 Å². The van der Waals surface area contributed by atoms with E-state index in [1.165, 1.54) is 0 Å². The number of rotatable bonds is 1. The Hall–Kier alpha value is 1.65. The molecule has 8 heavy (non-hydrogen) atoms. The van der Waals surface area contributed by atoms with Gasteiger partial charge >= 0.3 is 57.4 Å². The predicted octanol–water partition coefficient (Wildman–Crippen LogP) is -2.30. The average molecular weight is 185 g/mol. The summed E-state index contributed by atoms with van der Waals surface area (Å²) in [5.41, 5.74) is 0. The topological polar surface area (TPSA) is 67.3 Å². The third-order valence-electron chi connectivity index (χ3n) is 0.187. The first kappa shape index (κ1) is 16.3. The zero-order valence-corrected chi connectivity index (χ0v) is 8.77. The second-order valence-electron chi connectivity index (χ2n) is 0.639. The number of halogens is 2. The number of carboxylic acid groups (broad SMARTS) is 1. The smallest absolute Gasteiger partial charge is 0.870 e. The summed E-state index contributed by atoms with van der Waals surface area (Å²) in [6.45, 7) is 0. The van der Waals surface area contributed by atoms with E-state index in [1.54, 1.807) is 0 Å². The van der Waals surface area contributed by atoms with Crippen LogP contribution < -0.4 is 51.4 Å². The fourth-order valence-corrected chi connectivity index (χ4v) is 0. The van der Waals surface area contributed by atoms with Crippen LogP contribution >= 0.6 is 23.2 Å². The van der Waals surface area contributed by atoms with Gasteiger partial charge in [0, 0.05) is 0 Å². The van der Waals surface area contributed by atoms with Crippen LogP contribution in [0.1, 0.15) is 0 Å². The molecule has 0 atom stereocenters. The van der Waals surface area contributed by atoms with Crippen LogP contribution in [-0.2, 0) is 4.79 Å². The zero-order chi connectivity index (χ0) is 5.15. The largest absolute Gasteiger partial charge is 1.00 e. The molecule has 0 aliphatic heterocycles. The number of carboxylic acids is 1. The summed E-state index contributed by atoms with van der Waals surface area (Å²) in [4.78, 5) is 8.15. The average Bonchev–Trinajstić information content (AvgIpc) is 1.36. The Bertz CT molecular complexity index is 66.3. The third kappa shape index (κ3) is 10.6. The molecule has 0 aromatic heterocycles. The molecule has 0 radical (unpaired) electrons. The second kappa shape index (κ2) is 8.65. The minimum atomic E-state index is -1.29. The van der Waals surface area contributed by atoms with Crippen LogP contribution in [0.3, 0.4) is 0 Å². The van der Waals surface area contributed by atoms with Crippen molar-refractivity contribution < 1.29 is 66.8 Å². The fraction of sp³-hybridized carbons (Fsp3) is 0.500. The van der Waals surface area contributed by atoms with E-state index < -0.39 is 10.8 Å². The number of carbonyl (C=O) groups is 1. The Labute approximate surface area is 99.1 Å². The molecular weight excluding hydrogens is 182 g/mol. The number of alkyl halides is 2. The minimum Gasteiger partial charge on any atom is -0.870 e. The van der Waals surface area contributed by atoms with E-state index in [2.05, 4.69) is 0 Å². The van der Waals surface area contributed by atoms with Gasteiger partial charge in [0.15, 0.2) is 0 Å². The quantitative estimate of drug-likeness (QED) is 0.369. The van der Waals surface area contributed by atoms with E-state index in [4.69, 9.17) is 28.3 Å². The van der Waals surface area contributed by atoms with Gasteiger partial charge in [-0.3, -0.25) is 0 Å². The van der Waals surface area contributed by atoms with Gasteiger partial charge in [-0.05, 0) is 0 Å². The molecule has 0 unspecified atom stereocenters. The van der Waals surface area contributed by atoms with Gasteiger partial charge in [0.25, 0.3) is 0 Å². The fourth-order valence-electron chi connectivity index (χ4n) is 0. The van der Waals surface area contributed by atoms with Gasteiger partial charge < -0.3 is 10.6 Å². The molecule has 0 aromatic carbocycles. The van der Waals surface area contributed by atoms with Crippen molar-refractivity contribution in [3.63, 3.8) is 0 Å². The summed E-state index contributed by atoms with van der Waals surface area (Å²) in [6, 6.07) is 0. The molecule has 0 rings (SSSR count). The standard InChI is InChI=1S/C2H2Cl2O2.K.H2O/c3-1(4)2(5)6;;/h1H,(H,5,6);;1H2/q;+1;/p-1. The van der Waals surface area contributed by atoms with Crippen molar-refractivity contribution in [1.82, 2.24) is 0 Å². The van der Waals surface area contributed by atoms with Gasteiger partial charge in [-0.25, -0.2) is 4.79 Å². The zero-order valence-electron chi connectivity index (χ0n) is 4.14. The molecule has 0 amide bonds. The molecule has 0 saturated carbocycles. The Balaban J connectivity index is -0.000000125. The van der Waals surface area contributed by atoms with Crippen LogP contribution in [0.5, 0.6) is 0 Å². The van der Waals surface area contributed by atoms with Crippen molar-refractivity contribution in [2.24, 2.45) is 0 Å². The first-order chi connectivity index (χ1) is 2.64. The maximum atomic E-state index is 9.44. The van der Waals surface area contributed by atoms with E-state index >= 15 is 0 Å². The van der Waals surface area contributed by atoms with Gasteiger partial charge in [0.05, 0.1) is 0 Å². The molecule has 3 nitrogen and oxygen atoms in total. The SMILES string of the molecule is O=C(O)C(Cl)Cl.[K+].[OH-]. The van der Waals surface area contributed by atoms with Crippen LogP contribution in [0.4, 0.5) is 0 Å². The van der Waals surface area contributed by atoms with Crippen LogP contribution in [0, 0.1) is 0 Å². The van der Waals surface area contributed by atoms with Crippen LogP contribution in [-0.4, -0.2) is 21.4 Å². The van der Waals surface area contributed by atoms with E-state index in [-0.39, 0.29) is 56.9 Å². The second-order valence-corrected chi connectivity index (χ2v) is 1.74. The molecule has 0 aliphatic carbocycles. The minimum absolute atomic E-state index is 0. The van der Waals surface area contributed by atoms with Crippen molar-refractivity contribution in [2.45, 2.75) is 4.84 Å². The first-order valence-corrected chi connectivity index (χ1v) is 2.03. The Morgan fingerprint density at radius 3 is 1.62 bits per heavy atom. The van der Waals surface area contributed by atoms with Crippen LogP contribution in [0.15, 0.2) is 0 Å².